The minimum Gasteiger partial charge on any atom is -0.496 e. The summed E-state index contributed by atoms with van der Waals surface area (Å²) in [6.07, 6.45) is 0.581. The number of nitrogens with zero attached hydrogens (tertiary/aromatic N) is 1. The number of hydrogen-bond acceptors (Lipinski definition) is 5. The highest BCUT2D eigenvalue weighted by atomic mass is 79.9. The Bertz CT molecular complexity index is 899. The molecule has 0 bridgehead atoms. The zero-order chi connectivity index (χ0) is 22.4. The molecule has 1 atom stereocenters. The maximum absolute atomic E-state index is 12.3. The van der Waals surface area contributed by atoms with Crippen LogP contribution in [0.1, 0.15) is 38.3 Å². The average molecular weight is 508 g/mol. The average Bonchev–Trinajstić information content (AvgIpc) is 3.19. The van der Waals surface area contributed by atoms with Crippen LogP contribution in [0, 0.1) is 0 Å². The number of likely N-dealkylation sites (tertiary alicyclic amines) is 1. The fourth-order valence-electron chi connectivity index (χ4n) is 3.34. The van der Waals surface area contributed by atoms with Crippen LogP contribution >= 0.6 is 27.7 Å². The molecule has 1 aliphatic rings. The van der Waals surface area contributed by atoms with Crippen molar-refractivity contribution < 1.29 is 19.0 Å². The second kappa shape index (κ2) is 10.7. The molecule has 5 nitrogen and oxygen atoms in total. The van der Waals surface area contributed by atoms with Gasteiger partial charge < -0.3 is 19.1 Å². The van der Waals surface area contributed by atoms with Crippen LogP contribution in [0.2, 0.25) is 0 Å². The number of carbonyl (C=O) groups is 1. The van der Waals surface area contributed by atoms with E-state index in [1.165, 1.54) is 4.90 Å². The van der Waals surface area contributed by atoms with Gasteiger partial charge in [-0.3, -0.25) is 0 Å². The van der Waals surface area contributed by atoms with Gasteiger partial charge in [-0.2, -0.15) is 0 Å². The third-order valence-corrected chi connectivity index (χ3v) is 6.53. The molecule has 0 N–H and O–H groups in total. The molecule has 1 amide bonds. The van der Waals surface area contributed by atoms with Gasteiger partial charge in [-0.15, -0.1) is 11.8 Å². The molecule has 3 rings (SSSR count). The summed E-state index contributed by atoms with van der Waals surface area (Å²) >= 11 is 5.31. The number of ether oxygens (including phenoxy) is 3. The van der Waals surface area contributed by atoms with Gasteiger partial charge in [-0.25, -0.2) is 4.79 Å². The Morgan fingerprint density at radius 1 is 1.19 bits per heavy atom. The van der Waals surface area contributed by atoms with Crippen LogP contribution in [0.25, 0.3) is 0 Å². The minimum atomic E-state index is -0.483. The molecular formula is C24H30BrNO4S. The Balaban J connectivity index is 1.56. The van der Waals surface area contributed by atoms with E-state index < -0.39 is 5.60 Å². The van der Waals surface area contributed by atoms with Gasteiger partial charge in [-0.05, 0) is 57.0 Å². The summed E-state index contributed by atoms with van der Waals surface area (Å²) in [6.45, 7) is 7.40. The first-order valence-electron chi connectivity index (χ1n) is 10.4. The Morgan fingerprint density at radius 3 is 2.71 bits per heavy atom. The standard InChI is InChI=1S/C24H30BrNO4S/c1-24(2,3)30-23(27)26-12-11-20(14-26)29-15-17-7-5-6-8-22(17)31-16-18-13-19(25)9-10-21(18)28-4/h5-10,13,20H,11-12,14-16H2,1-4H3/t20-/m1/s1. The summed E-state index contributed by atoms with van der Waals surface area (Å²) in [6, 6.07) is 14.3. The smallest absolute Gasteiger partial charge is 0.410 e. The number of benzene rings is 2. The third-order valence-electron chi connectivity index (χ3n) is 4.87. The topological polar surface area (TPSA) is 48.0 Å². The molecule has 31 heavy (non-hydrogen) atoms. The maximum Gasteiger partial charge on any atom is 0.410 e. The van der Waals surface area contributed by atoms with Crippen LogP contribution < -0.4 is 4.74 Å². The van der Waals surface area contributed by atoms with Crippen LogP contribution in [-0.4, -0.2) is 42.9 Å². The van der Waals surface area contributed by atoms with E-state index in [2.05, 4.69) is 34.1 Å². The summed E-state index contributed by atoms with van der Waals surface area (Å²) in [5.74, 6) is 1.69. The second-order valence-corrected chi connectivity index (χ2v) is 10.4. The number of rotatable bonds is 7. The molecule has 0 saturated carbocycles. The Labute approximate surface area is 197 Å². The molecule has 0 aromatic heterocycles. The largest absolute Gasteiger partial charge is 0.496 e. The highest BCUT2D eigenvalue weighted by molar-refractivity contribution is 9.10. The fraction of sp³-hybridized carbons (Fsp3) is 0.458. The third kappa shape index (κ3) is 7.16. The molecule has 1 heterocycles. The van der Waals surface area contributed by atoms with Crippen molar-refractivity contribution in [3.8, 4) is 5.75 Å². The summed E-state index contributed by atoms with van der Waals surface area (Å²) in [4.78, 5) is 15.2. The number of amides is 1. The zero-order valence-electron chi connectivity index (χ0n) is 18.5. The lowest BCUT2D eigenvalue weighted by atomic mass is 10.2. The molecule has 0 spiro atoms. The lowest BCUT2D eigenvalue weighted by Crippen LogP contribution is -2.36. The molecule has 168 valence electrons. The van der Waals surface area contributed by atoms with Crippen molar-refractivity contribution in [2.24, 2.45) is 0 Å². The van der Waals surface area contributed by atoms with Crippen molar-refractivity contribution in [2.45, 2.75) is 56.2 Å². The number of carbonyl (C=O) groups excluding carboxylic acids is 1. The summed E-state index contributed by atoms with van der Waals surface area (Å²) in [5.41, 5.74) is 1.81. The quantitative estimate of drug-likeness (QED) is 0.413. The van der Waals surface area contributed by atoms with Gasteiger partial charge in [0, 0.05) is 27.2 Å². The van der Waals surface area contributed by atoms with Gasteiger partial charge >= 0.3 is 6.09 Å². The first-order chi connectivity index (χ1) is 14.7. The Morgan fingerprint density at radius 2 is 1.97 bits per heavy atom. The summed E-state index contributed by atoms with van der Waals surface area (Å²) in [5, 5.41) is 0. The summed E-state index contributed by atoms with van der Waals surface area (Å²) in [7, 11) is 1.70. The maximum atomic E-state index is 12.3. The van der Waals surface area contributed by atoms with Gasteiger partial charge in [-0.1, -0.05) is 34.1 Å². The predicted molar refractivity (Wildman–Crippen MR) is 128 cm³/mol. The molecular weight excluding hydrogens is 478 g/mol. The van der Waals surface area contributed by atoms with Crippen LogP contribution in [0.3, 0.4) is 0 Å². The first-order valence-corrected chi connectivity index (χ1v) is 12.2. The van der Waals surface area contributed by atoms with E-state index in [4.69, 9.17) is 14.2 Å². The first kappa shape index (κ1) is 24.0. The van der Waals surface area contributed by atoms with Crippen molar-refractivity contribution in [3.05, 3.63) is 58.1 Å². The van der Waals surface area contributed by atoms with Crippen LogP contribution in [0.4, 0.5) is 4.79 Å². The summed E-state index contributed by atoms with van der Waals surface area (Å²) < 4.78 is 18.2. The van der Waals surface area contributed by atoms with E-state index in [-0.39, 0.29) is 12.2 Å². The monoisotopic (exact) mass is 507 g/mol. The number of hydrogen-bond donors (Lipinski definition) is 0. The lowest BCUT2D eigenvalue weighted by molar-refractivity contribution is 0.0181. The van der Waals surface area contributed by atoms with E-state index in [9.17, 15) is 4.79 Å². The Hall–Kier alpha value is -1.70. The lowest BCUT2D eigenvalue weighted by Gasteiger charge is -2.24. The van der Waals surface area contributed by atoms with E-state index in [1.807, 2.05) is 45.0 Å². The van der Waals surface area contributed by atoms with Crippen molar-refractivity contribution in [3.63, 3.8) is 0 Å². The van der Waals surface area contributed by atoms with Crippen LogP contribution in [0.5, 0.6) is 5.75 Å². The van der Waals surface area contributed by atoms with Gasteiger partial charge in [0.05, 0.1) is 26.4 Å². The van der Waals surface area contributed by atoms with Crippen molar-refractivity contribution in [1.29, 1.82) is 0 Å². The van der Waals surface area contributed by atoms with E-state index in [1.54, 1.807) is 23.8 Å². The molecule has 1 aliphatic heterocycles. The van der Waals surface area contributed by atoms with Gasteiger partial charge in [0.2, 0.25) is 0 Å². The van der Waals surface area contributed by atoms with Crippen molar-refractivity contribution >= 4 is 33.8 Å². The molecule has 0 radical (unpaired) electrons. The molecule has 2 aromatic rings. The van der Waals surface area contributed by atoms with Gasteiger partial charge in [0.15, 0.2) is 0 Å². The normalized spacial score (nSPS) is 16.4. The van der Waals surface area contributed by atoms with Crippen molar-refractivity contribution in [2.75, 3.05) is 20.2 Å². The van der Waals surface area contributed by atoms with Gasteiger partial charge in [0.1, 0.15) is 11.4 Å². The molecule has 2 aromatic carbocycles. The second-order valence-electron chi connectivity index (χ2n) is 8.50. The minimum absolute atomic E-state index is 0.0238. The highest BCUT2D eigenvalue weighted by Crippen LogP contribution is 2.32. The molecule has 0 unspecified atom stereocenters. The number of methoxy groups -OCH3 is 1. The molecule has 1 saturated heterocycles. The van der Waals surface area contributed by atoms with E-state index >= 15 is 0 Å². The zero-order valence-corrected chi connectivity index (χ0v) is 20.9. The van der Waals surface area contributed by atoms with E-state index in [0.717, 1.165) is 33.5 Å². The van der Waals surface area contributed by atoms with Crippen molar-refractivity contribution in [1.82, 2.24) is 4.90 Å². The fourth-order valence-corrected chi connectivity index (χ4v) is 4.78. The van der Waals surface area contributed by atoms with Crippen LogP contribution in [-0.2, 0) is 21.8 Å². The van der Waals surface area contributed by atoms with Gasteiger partial charge in [0.25, 0.3) is 0 Å². The number of thioether (sulfide) groups is 1. The molecule has 1 fully saturated rings. The van der Waals surface area contributed by atoms with Crippen LogP contribution in [0.15, 0.2) is 51.8 Å². The highest BCUT2D eigenvalue weighted by Gasteiger charge is 2.30. The predicted octanol–water partition coefficient (Wildman–Crippen LogP) is 6.28. The molecule has 0 aliphatic carbocycles. The number of halogens is 1. The molecule has 7 heteroatoms. The SMILES string of the molecule is COc1ccc(Br)cc1CSc1ccccc1CO[C@@H]1CCN(C(=O)OC(C)(C)C)C1. The van der Waals surface area contributed by atoms with E-state index in [0.29, 0.717) is 19.7 Å². The Kier molecular flexibility index (Phi) is 8.30.